The standard InChI is InChI=1S/C14H15N3O3/c1-9-3-5-11(7-14(9)17(19)20)13-8-12(15-16-13)6-4-10(2)18/h3,5,7-8H,4,6H2,1-2H3,(H,15,16). The number of nitrogens with one attached hydrogen (secondary N) is 1. The van der Waals surface area contributed by atoms with Gasteiger partial charge in [0, 0.05) is 29.3 Å². The Morgan fingerprint density at radius 2 is 2.15 bits per heavy atom. The van der Waals surface area contributed by atoms with Gasteiger partial charge >= 0.3 is 0 Å². The molecule has 0 fully saturated rings. The summed E-state index contributed by atoms with van der Waals surface area (Å²) in [6.45, 7) is 3.24. The molecule has 104 valence electrons. The Kier molecular flexibility index (Phi) is 3.93. The highest BCUT2D eigenvalue weighted by atomic mass is 16.6. The lowest BCUT2D eigenvalue weighted by Gasteiger charge is -1.99. The molecule has 20 heavy (non-hydrogen) atoms. The van der Waals surface area contributed by atoms with Crippen LogP contribution in [0.1, 0.15) is 24.6 Å². The molecule has 0 saturated carbocycles. The zero-order valence-corrected chi connectivity index (χ0v) is 11.3. The number of Topliss-reactive ketones (excluding diaryl/α,β-unsaturated/α-hetero) is 1. The topological polar surface area (TPSA) is 88.9 Å². The van der Waals surface area contributed by atoms with E-state index in [0.29, 0.717) is 29.7 Å². The van der Waals surface area contributed by atoms with Gasteiger partial charge in [-0.1, -0.05) is 12.1 Å². The normalized spacial score (nSPS) is 10.5. The number of benzene rings is 1. The van der Waals surface area contributed by atoms with Crippen LogP contribution in [0.5, 0.6) is 0 Å². The Bertz CT molecular complexity index is 661. The van der Waals surface area contributed by atoms with Gasteiger partial charge in [-0.05, 0) is 26.3 Å². The first kappa shape index (κ1) is 13.9. The first-order valence-electron chi connectivity index (χ1n) is 6.26. The van der Waals surface area contributed by atoms with Crippen molar-refractivity contribution < 1.29 is 9.72 Å². The van der Waals surface area contributed by atoms with Gasteiger partial charge in [-0.25, -0.2) is 0 Å². The van der Waals surface area contributed by atoms with Crippen molar-refractivity contribution >= 4 is 11.5 Å². The van der Waals surface area contributed by atoms with Crippen molar-refractivity contribution in [2.75, 3.05) is 0 Å². The van der Waals surface area contributed by atoms with Crippen LogP contribution in [0, 0.1) is 17.0 Å². The van der Waals surface area contributed by atoms with Crippen LogP contribution in [0.2, 0.25) is 0 Å². The molecule has 0 unspecified atom stereocenters. The summed E-state index contributed by atoms with van der Waals surface area (Å²) >= 11 is 0. The number of ketones is 1. The molecule has 0 aliphatic heterocycles. The maximum atomic E-state index is 10.9. The van der Waals surface area contributed by atoms with E-state index in [1.807, 2.05) is 6.07 Å². The summed E-state index contributed by atoms with van der Waals surface area (Å²) in [7, 11) is 0. The largest absolute Gasteiger partial charge is 0.300 e. The number of hydrogen-bond donors (Lipinski definition) is 1. The molecule has 0 atom stereocenters. The summed E-state index contributed by atoms with van der Waals surface area (Å²) in [4.78, 5) is 21.5. The Hall–Kier alpha value is -2.50. The Morgan fingerprint density at radius 3 is 2.80 bits per heavy atom. The van der Waals surface area contributed by atoms with Crippen molar-refractivity contribution in [3.63, 3.8) is 0 Å². The minimum Gasteiger partial charge on any atom is -0.300 e. The molecule has 2 rings (SSSR count). The third kappa shape index (κ3) is 3.09. The van der Waals surface area contributed by atoms with Crippen molar-refractivity contribution in [2.24, 2.45) is 0 Å². The van der Waals surface area contributed by atoms with Crippen LogP contribution in [-0.2, 0) is 11.2 Å². The van der Waals surface area contributed by atoms with E-state index in [1.165, 1.54) is 6.07 Å². The Labute approximate surface area is 116 Å². The van der Waals surface area contributed by atoms with Crippen molar-refractivity contribution in [1.82, 2.24) is 10.2 Å². The van der Waals surface area contributed by atoms with E-state index < -0.39 is 4.92 Å². The lowest BCUT2D eigenvalue weighted by molar-refractivity contribution is -0.385. The highest BCUT2D eigenvalue weighted by molar-refractivity contribution is 5.75. The van der Waals surface area contributed by atoms with Crippen LogP contribution in [-0.4, -0.2) is 20.9 Å². The number of carbonyl (C=O) groups is 1. The molecular formula is C14H15N3O3. The van der Waals surface area contributed by atoms with Gasteiger partial charge in [0.25, 0.3) is 5.69 Å². The van der Waals surface area contributed by atoms with Crippen LogP contribution in [0.4, 0.5) is 5.69 Å². The highest BCUT2D eigenvalue weighted by Crippen LogP contribution is 2.26. The second-order valence-corrected chi connectivity index (χ2v) is 4.74. The number of aromatic nitrogens is 2. The van der Waals surface area contributed by atoms with Crippen LogP contribution >= 0.6 is 0 Å². The lowest BCUT2D eigenvalue weighted by atomic mass is 10.1. The van der Waals surface area contributed by atoms with Crippen molar-refractivity contribution in [3.05, 3.63) is 45.6 Å². The minimum atomic E-state index is -0.401. The van der Waals surface area contributed by atoms with Crippen molar-refractivity contribution in [1.29, 1.82) is 0 Å². The maximum Gasteiger partial charge on any atom is 0.272 e. The summed E-state index contributed by atoms with van der Waals surface area (Å²) in [5.41, 5.74) is 2.87. The van der Waals surface area contributed by atoms with E-state index >= 15 is 0 Å². The second kappa shape index (κ2) is 5.64. The molecule has 0 saturated heterocycles. The summed E-state index contributed by atoms with van der Waals surface area (Å²) in [5, 5.41) is 17.9. The summed E-state index contributed by atoms with van der Waals surface area (Å²) in [5.74, 6) is 0.118. The molecule has 6 heteroatoms. The van der Waals surface area contributed by atoms with Gasteiger partial charge in [-0.15, -0.1) is 0 Å². The molecule has 1 heterocycles. The fourth-order valence-electron chi connectivity index (χ4n) is 1.91. The quantitative estimate of drug-likeness (QED) is 0.670. The van der Waals surface area contributed by atoms with Gasteiger partial charge in [0.1, 0.15) is 5.78 Å². The third-order valence-electron chi connectivity index (χ3n) is 3.08. The van der Waals surface area contributed by atoms with E-state index in [4.69, 9.17) is 0 Å². The average Bonchev–Trinajstić information content (AvgIpc) is 2.85. The SMILES string of the molecule is CC(=O)CCc1cc(-c2ccc(C)c([N+](=O)[O-])c2)n[nH]1. The van der Waals surface area contributed by atoms with Gasteiger partial charge in [0.05, 0.1) is 10.6 Å². The second-order valence-electron chi connectivity index (χ2n) is 4.74. The van der Waals surface area contributed by atoms with Gasteiger partial charge in [0.2, 0.25) is 0 Å². The van der Waals surface area contributed by atoms with Crippen molar-refractivity contribution in [2.45, 2.75) is 26.7 Å². The van der Waals surface area contributed by atoms with E-state index in [0.717, 1.165) is 5.69 Å². The number of aryl methyl sites for hydroxylation is 2. The van der Waals surface area contributed by atoms with Crippen LogP contribution < -0.4 is 0 Å². The van der Waals surface area contributed by atoms with Gasteiger partial charge < -0.3 is 4.79 Å². The molecule has 1 aromatic carbocycles. The Balaban J connectivity index is 2.26. The Morgan fingerprint density at radius 1 is 1.40 bits per heavy atom. The highest BCUT2D eigenvalue weighted by Gasteiger charge is 2.13. The van der Waals surface area contributed by atoms with E-state index in [2.05, 4.69) is 10.2 Å². The molecule has 0 amide bonds. The summed E-state index contributed by atoms with van der Waals surface area (Å²) < 4.78 is 0. The predicted molar refractivity (Wildman–Crippen MR) is 74.4 cm³/mol. The molecule has 2 aromatic rings. The molecule has 1 aromatic heterocycles. The first-order valence-corrected chi connectivity index (χ1v) is 6.26. The number of nitro benzene ring substituents is 1. The fourth-order valence-corrected chi connectivity index (χ4v) is 1.91. The van der Waals surface area contributed by atoms with E-state index in [-0.39, 0.29) is 11.5 Å². The summed E-state index contributed by atoms with van der Waals surface area (Å²) in [6.07, 6.45) is 1.05. The maximum absolute atomic E-state index is 10.9. The van der Waals surface area contributed by atoms with Gasteiger partial charge in [-0.3, -0.25) is 15.2 Å². The number of aromatic amines is 1. The average molecular weight is 273 g/mol. The third-order valence-corrected chi connectivity index (χ3v) is 3.08. The molecule has 1 N–H and O–H groups in total. The molecule has 0 aliphatic carbocycles. The molecule has 0 radical (unpaired) electrons. The van der Waals surface area contributed by atoms with Crippen LogP contribution in [0.3, 0.4) is 0 Å². The first-order chi connectivity index (χ1) is 9.47. The number of H-pyrrole nitrogens is 1. The monoisotopic (exact) mass is 273 g/mol. The van der Waals surface area contributed by atoms with Crippen LogP contribution in [0.25, 0.3) is 11.3 Å². The van der Waals surface area contributed by atoms with Gasteiger partial charge in [-0.2, -0.15) is 5.10 Å². The molecule has 6 nitrogen and oxygen atoms in total. The fraction of sp³-hybridized carbons (Fsp3) is 0.286. The van der Waals surface area contributed by atoms with Crippen molar-refractivity contribution in [3.8, 4) is 11.3 Å². The zero-order chi connectivity index (χ0) is 14.7. The summed E-state index contributed by atoms with van der Waals surface area (Å²) in [6, 6.07) is 6.84. The number of rotatable bonds is 5. The molecule has 0 aliphatic rings. The molecular weight excluding hydrogens is 258 g/mol. The number of carbonyl (C=O) groups excluding carboxylic acids is 1. The minimum absolute atomic E-state index is 0.0794. The lowest BCUT2D eigenvalue weighted by Crippen LogP contribution is -1.93. The van der Waals surface area contributed by atoms with E-state index in [1.54, 1.807) is 26.0 Å². The molecule has 0 spiro atoms. The van der Waals surface area contributed by atoms with Crippen LogP contribution in [0.15, 0.2) is 24.3 Å². The van der Waals surface area contributed by atoms with Gasteiger partial charge in [0.15, 0.2) is 0 Å². The predicted octanol–water partition coefficient (Wildman–Crippen LogP) is 2.81. The number of hydrogen-bond acceptors (Lipinski definition) is 4. The number of nitro groups is 1. The van der Waals surface area contributed by atoms with E-state index in [9.17, 15) is 14.9 Å². The molecule has 0 bridgehead atoms. The number of nitrogens with zero attached hydrogens (tertiary/aromatic N) is 2. The zero-order valence-electron chi connectivity index (χ0n) is 11.3. The smallest absolute Gasteiger partial charge is 0.272 e.